The minimum absolute atomic E-state index is 0.0597. The first-order chi connectivity index (χ1) is 15.0. The van der Waals surface area contributed by atoms with Crippen LogP contribution in [-0.4, -0.2) is 46.7 Å². The fraction of sp³-hybridized carbons (Fsp3) is 0.318. The summed E-state index contributed by atoms with van der Waals surface area (Å²) in [4.78, 5) is 12.9. The summed E-state index contributed by atoms with van der Waals surface area (Å²) in [5, 5.41) is 2.73. The molecule has 0 unspecified atom stereocenters. The number of nitrogens with one attached hydrogen (secondary N) is 2. The molecular weight excluding hydrogens is 450 g/mol. The number of nitrogens with zero attached hydrogens (tertiary/aromatic N) is 1. The summed E-state index contributed by atoms with van der Waals surface area (Å²) in [6.07, 6.45) is 1.46. The van der Waals surface area contributed by atoms with Crippen molar-refractivity contribution in [1.82, 2.24) is 9.03 Å². The van der Waals surface area contributed by atoms with Crippen molar-refractivity contribution in [2.75, 3.05) is 25.0 Å². The first-order valence-corrected chi connectivity index (χ1v) is 13.2. The molecule has 0 atom stereocenters. The van der Waals surface area contributed by atoms with Gasteiger partial charge in [0, 0.05) is 30.9 Å². The van der Waals surface area contributed by atoms with Gasteiger partial charge in [0.1, 0.15) is 0 Å². The van der Waals surface area contributed by atoms with Crippen molar-refractivity contribution in [3.8, 4) is 0 Å². The average Bonchev–Trinajstić information content (AvgIpc) is 2.74. The van der Waals surface area contributed by atoms with Crippen LogP contribution in [0.25, 0.3) is 0 Å². The second-order valence-electron chi connectivity index (χ2n) is 7.11. The summed E-state index contributed by atoms with van der Waals surface area (Å²) in [6, 6.07) is 10.9. The number of carbonyl (C=O) groups excluding carboxylic acids is 1. The number of sulfonamides is 2. The van der Waals surface area contributed by atoms with E-state index in [1.165, 1.54) is 22.5 Å². The lowest BCUT2D eigenvalue weighted by Crippen LogP contribution is -2.30. The Balaban J connectivity index is 2.20. The van der Waals surface area contributed by atoms with Crippen LogP contribution < -0.4 is 10.0 Å². The van der Waals surface area contributed by atoms with Crippen LogP contribution in [0.15, 0.2) is 60.0 Å². The quantitative estimate of drug-likeness (QED) is 0.481. The van der Waals surface area contributed by atoms with Gasteiger partial charge < -0.3 is 5.32 Å². The van der Waals surface area contributed by atoms with E-state index in [0.29, 0.717) is 29.9 Å². The number of anilines is 1. The number of hydrogen-bond donors (Lipinski definition) is 2. The van der Waals surface area contributed by atoms with Gasteiger partial charge in [-0.05, 0) is 42.3 Å². The number of amides is 1. The minimum atomic E-state index is -3.69. The largest absolute Gasteiger partial charge is 0.322 e. The molecule has 2 aromatic rings. The Labute approximate surface area is 190 Å². The average molecular weight is 480 g/mol. The Hall–Kier alpha value is -2.53. The molecule has 10 heteroatoms. The second-order valence-corrected chi connectivity index (χ2v) is 10.9. The summed E-state index contributed by atoms with van der Waals surface area (Å²) >= 11 is 0. The molecule has 0 aliphatic carbocycles. The van der Waals surface area contributed by atoms with E-state index in [1.807, 2.05) is 0 Å². The van der Waals surface area contributed by atoms with Crippen LogP contribution >= 0.6 is 0 Å². The molecule has 0 bridgehead atoms. The Morgan fingerprint density at radius 1 is 1.03 bits per heavy atom. The Morgan fingerprint density at radius 2 is 1.66 bits per heavy atom. The highest BCUT2D eigenvalue weighted by Crippen LogP contribution is 2.21. The fourth-order valence-electron chi connectivity index (χ4n) is 3.06. The van der Waals surface area contributed by atoms with Crippen molar-refractivity contribution >= 4 is 31.6 Å². The van der Waals surface area contributed by atoms with Crippen molar-refractivity contribution in [1.29, 1.82) is 0 Å². The number of benzene rings is 2. The van der Waals surface area contributed by atoms with E-state index in [0.717, 1.165) is 0 Å². The first kappa shape index (κ1) is 25.7. The number of carbonyl (C=O) groups is 1. The maximum Gasteiger partial charge on any atom is 0.255 e. The molecule has 2 aromatic carbocycles. The summed E-state index contributed by atoms with van der Waals surface area (Å²) < 4.78 is 53.2. The molecule has 1 amide bonds. The lowest BCUT2D eigenvalue weighted by atomic mass is 10.1. The van der Waals surface area contributed by atoms with Gasteiger partial charge >= 0.3 is 0 Å². The number of hydrogen-bond acceptors (Lipinski definition) is 5. The summed E-state index contributed by atoms with van der Waals surface area (Å²) in [7, 11) is -7.17. The Kier molecular flexibility index (Phi) is 8.73. The smallest absolute Gasteiger partial charge is 0.255 e. The lowest BCUT2D eigenvalue weighted by molar-refractivity contribution is 0.102. The number of aryl methyl sites for hydroxylation is 1. The van der Waals surface area contributed by atoms with Gasteiger partial charge in [-0.3, -0.25) is 4.79 Å². The zero-order valence-corrected chi connectivity index (χ0v) is 20.1. The second kappa shape index (κ2) is 10.9. The van der Waals surface area contributed by atoms with Gasteiger partial charge in [0.2, 0.25) is 20.0 Å². The molecular formula is C22H29N3O5S2. The minimum Gasteiger partial charge on any atom is -0.322 e. The van der Waals surface area contributed by atoms with Crippen LogP contribution in [0.2, 0.25) is 0 Å². The molecule has 0 fully saturated rings. The molecule has 0 aliphatic rings. The van der Waals surface area contributed by atoms with Crippen molar-refractivity contribution in [2.45, 2.75) is 31.4 Å². The van der Waals surface area contributed by atoms with Crippen LogP contribution in [-0.2, 0) is 25.8 Å². The highest BCUT2D eigenvalue weighted by molar-refractivity contribution is 7.89. The van der Waals surface area contributed by atoms with E-state index < -0.39 is 26.0 Å². The van der Waals surface area contributed by atoms with Crippen LogP contribution in [0.3, 0.4) is 0 Å². The molecule has 0 aliphatic heterocycles. The fourth-order valence-corrected chi connectivity index (χ4v) is 5.65. The van der Waals surface area contributed by atoms with E-state index in [9.17, 15) is 21.6 Å². The Morgan fingerprint density at radius 3 is 2.22 bits per heavy atom. The van der Waals surface area contributed by atoms with E-state index in [-0.39, 0.29) is 22.8 Å². The van der Waals surface area contributed by atoms with Crippen LogP contribution in [0.5, 0.6) is 0 Å². The van der Waals surface area contributed by atoms with Gasteiger partial charge in [-0.1, -0.05) is 38.1 Å². The molecule has 174 valence electrons. The Bertz CT molecular complexity index is 1170. The molecule has 32 heavy (non-hydrogen) atoms. The first-order valence-electron chi connectivity index (χ1n) is 10.1. The van der Waals surface area contributed by atoms with Crippen LogP contribution in [0, 0.1) is 6.92 Å². The zero-order chi connectivity index (χ0) is 23.9. The highest BCUT2D eigenvalue weighted by atomic mass is 32.2. The molecule has 2 N–H and O–H groups in total. The zero-order valence-electron chi connectivity index (χ0n) is 18.5. The predicted molar refractivity (Wildman–Crippen MR) is 127 cm³/mol. The van der Waals surface area contributed by atoms with Crippen molar-refractivity contribution in [2.24, 2.45) is 0 Å². The van der Waals surface area contributed by atoms with Gasteiger partial charge in [-0.2, -0.15) is 4.31 Å². The maximum atomic E-state index is 12.8. The van der Waals surface area contributed by atoms with Gasteiger partial charge in [0.05, 0.1) is 10.6 Å². The van der Waals surface area contributed by atoms with Crippen molar-refractivity contribution in [3.63, 3.8) is 0 Å². The highest BCUT2D eigenvalue weighted by Gasteiger charge is 2.23. The third-order valence-electron chi connectivity index (χ3n) is 4.81. The van der Waals surface area contributed by atoms with Crippen LogP contribution in [0.1, 0.15) is 35.3 Å². The van der Waals surface area contributed by atoms with Gasteiger partial charge in [0.25, 0.3) is 5.91 Å². The van der Waals surface area contributed by atoms with E-state index in [2.05, 4.69) is 16.6 Å². The van der Waals surface area contributed by atoms with Crippen molar-refractivity contribution < 1.29 is 21.6 Å². The maximum absolute atomic E-state index is 12.8. The van der Waals surface area contributed by atoms with E-state index in [1.54, 1.807) is 51.1 Å². The standard InChI is InChI=1S/C22H29N3O5S2/c1-5-14-23-31(27,28)16-18-9-11-19(12-10-18)24-22(26)21-15-20(13-8-17(21)4)32(29,30)25(6-2)7-3/h5,8-13,15,23H,1,6-7,14,16H2,2-4H3,(H,24,26). The van der Waals surface area contributed by atoms with Crippen molar-refractivity contribution in [3.05, 3.63) is 71.8 Å². The third kappa shape index (κ3) is 6.49. The van der Waals surface area contributed by atoms with Gasteiger partial charge in [-0.25, -0.2) is 21.6 Å². The molecule has 8 nitrogen and oxygen atoms in total. The molecule has 0 saturated heterocycles. The van der Waals surface area contributed by atoms with Gasteiger partial charge in [-0.15, -0.1) is 6.58 Å². The van der Waals surface area contributed by atoms with E-state index >= 15 is 0 Å². The lowest BCUT2D eigenvalue weighted by Gasteiger charge is -2.19. The molecule has 0 aromatic heterocycles. The van der Waals surface area contributed by atoms with Gasteiger partial charge in [0.15, 0.2) is 0 Å². The third-order valence-corrected chi connectivity index (χ3v) is 8.18. The SMILES string of the molecule is C=CCNS(=O)(=O)Cc1ccc(NC(=O)c2cc(S(=O)(=O)N(CC)CC)ccc2C)cc1. The predicted octanol–water partition coefficient (Wildman–Crippen LogP) is 2.88. The normalized spacial score (nSPS) is 12.0. The van der Waals surface area contributed by atoms with E-state index in [4.69, 9.17) is 0 Å². The molecule has 0 saturated carbocycles. The topological polar surface area (TPSA) is 113 Å². The molecule has 0 heterocycles. The monoisotopic (exact) mass is 479 g/mol. The summed E-state index contributed by atoms with van der Waals surface area (Å²) in [6.45, 7) is 9.53. The molecule has 2 rings (SSSR count). The summed E-state index contributed by atoms with van der Waals surface area (Å²) in [5.74, 6) is -0.647. The summed E-state index contributed by atoms with van der Waals surface area (Å²) in [5.41, 5.74) is 1.91. The molecule has 0 radical (unpaired) electrons. The van der Waals surface area contributed by atoms with Crippen LogP contribution in [0.4, 0.5) is 5.69 Å². The number of rotatable bonds is 11. The molecule has 0 spiro atoms.